The number of ether oxygens (including phenoxy) is 1. The number of H-pyrrole nitrogens is 1. The number of amides is 1. The molecule has 148 valence electrons. The lowest BCUT2D eigenvalue weighted by molar-refractivity contribution is 0.0917. The van der Waals surface area contributed by atoms with Crippen LogP contribution in [0.5, 0.6) is 5.75 Å². The third-order valence-corrected chi connectivity index (χ3v) is 4.61. The summed E-state index contributed by atoms with van der Waals surface area (Å²) in [6.45, 7) is -0.401. The molecule has 4 aromatic rings. The first kappa shape index (κ1) is 18.6. The largest absolute Gasteiger partial charge is 0.497 e. The van der Waals surface area contributed by atoms with Gasteiger partial charge in [0.25, 0.3) is 5.91 Å². The highest BCUT2D eigenvalue weighted by molar-refractivity contribution is 6.01. The molecule has 0 saturated carbocycles. The zero-order chi connectivity index (χ0) is 20.4. The Morgan fingerprint density at radius 2 is 2.17 bits per heavy atom. The van der Waals surface area contributed by atoms with Gasteiger partial charge in [0.05, 0.1) is 43.2 Å². The van der Waals surface area contributed by atoms with Crippen LogP contribution in [0.1, 0.15) is 22.0 Å². The Morgan fingerprint density at radius 1 is 1.31 bits per heavy atom. The van der Waals surface area contributed by atoms with Gasteiger partial charge in [-0.05, 0) is 23.8 Å². The van der Waals surface area contributed by atoms with E-state index in [0.29, 0.717) is 22.4 Å². The van der Waals surface area contributed by atoms with Gasteiger partial charge in [-0.1, -0.05) is 6.07 Å². The molecule has 29 heavy (non-hydrogen) atoms. The number of fused-ring (bicyclic) bond motifs is 1. The normalized spacial score (nSPS) is 12.1. The van der Waals surface area contributed by atoms with Crippen LogP contribution >= 0.6 is 0 Å². The predicted molar refractivity (Wildman–Crippen MR) is 103 cm³/mol. The zero-order valence-electron chi connectivity index (χ0n) is 15.5. The number of aromatic nitrogens is 4. The summed E-state index contributed by atoms with van der Waals surface area (Å²) >= 11 is 0. The first-order chi connectivity index (χ1) is 14.1. The Bertz CT molecular complexity index is 1160. The SMILES string of the molecule is COc1cc(F)cc([C@@H](CO)NC(=O)c2cnn3cc(-c4cn[nH]c4)ccc23)c1. The maximum absolute atomic E-state index is 13.8. The minimum atomic E-state index is -0.799. The standard InChI is InChI=1S/C20H18FN5O3/c1-29-16-5-13(4-15(21)6-16)18(11-27)25-20(28)17-9-24-26-10-12(2-3-19(17)26)14-7-22-23-8-14/h2-10,18,27H,11H2,1H3,(H,22,23)(H,25,28)/t18-/m1/s1. The van der Waals surface area contributed by atoms with Gasteiger partial charge in [-0.2, -0.15) is 10.2 Å². The molecule has 1 aromatic carbocycles. The molecule has 0 fully saturated rings. The zero-order valence-corrected chi connectivity index (χ0v) is 15.5. The van der Waals surface area contributed by atoms with Gasteiger partial charge in [-0.15, -0.1) is 0 Å². The average molecular weight is 395 g/mol. The van der Waals surface area contributed by atoms with Crippen molar-refractivity contribution in [3.8, 4) is 16.9 Å². The number of hydrogen-bond acceptors (Lipinski definition) is 5. The minimum Gasteiger partial charge on any atom is -0.497 e. The van der Waals surface area contributed by atoms with Gasteiger partial charge in [0.2, 0.25) is 0 Å². The van der Waals surface area contributed by atoms with Crippen LogP contribution in [0.4, 0.5) is 4.39 Å². The number of methoxy groups -OCH3 is 1. The number of benzene rings is 1. The van der Waals surface area contributed by atoms with E-state index in [1.807, 2.05) is 6.07 Å². The van der Waals surface area contributed by atoms with Crippen molar-refractivity contribution in [2.45, 2.75) is 6.04 Å². The van der Waals surface area contributed by atoms with Crippen LogP contribution in [0.15, 0.2) is 55.1 Å². The maximum atomic E-state index is 13.8. The van der Waals surface area contributed by atoms with Crippen molar-refractivity contribution in [1.82, 2.24) is 25.1 Å². The Hall–Kier alpha value is -3.72. The second-order valence-electron chi connectivity index (χ2n) is 6.43. The molecule has 9 heteroatoms. The summed E-state index contributed by atoms with van der Waals surface area (Å²) in [6, 6.07) is 6.88. The predicted octanol–water partition coefficient (Wildman–Crippen LogP) is 2.34. The number of pyridine rings is 1. The molecule has 0 radical (unpaired) electrons. The number of aliphatic hydroxyl groups excluding tert-OH is 1. The van der Waals surface area contributed by atoms with Crippen molar-refractivity contribution >= 4 is 11.4 Å². The second-order valence-corrected chi connectivity index (χ2v) is 6.43. The smallest absolute Gasteiger partial charge is 0.255 e. The minimum absolute atomic E-state index is 0.301. The highest BCUT2D eigenvalue weighted by Gasteiger charge is 2.20. The van der Waals surface area contributed by atoms with Crippen molar-refractivity contribution in [2.75, 3.05) is 13.7 Å². The van der Waals surface area contributed by atoms with E-state index >= 15 is 0 Å². The van der Waals surface area contributed by atoms with E-state index in [0.717, 1.165) is 11.1 Å². The molecule has 0 bridgehead atoms. The number of aliphatic hydroxyl groups is 1. The highest BCUT2D eigenvalue weighted by atomic mass is 19.1. The van der Waals surface area contributed by atoms with E-state index in [2.05, 4.69) is 20.6 Å². The summed E-state index contributed by atoms with van der Waals surface area (Å²) in [5.74, 6) is -0.649. The van der Waals surface area contributed by atoms with Crippen LogP contribution in [0.3, 0.4) is 0 Å². The van der Waals surface area contributed by atoms with Crippen LogP contribution in [0.25, 0.3) is 16.6 Å². The average Bonchev–Trinajstić information content (AvgIpc) is 3.40. The number of hydrogen-bond donors (Lipinski definition) is 3. The van der Waals surface area contributed by atoms with Crippen molar-refractivity contribution in [3.63, 3.8) is 0 Å². The molecule has 4 rings (SSSR count). The molecular formula is C20H18FN5O3. The fourth-order valence-electron chi connectivity index (χ4n) is 3.11. The van der Waals surface area contributed by atoms with Gasteiger partial charge < -0.3 is 15.2 Å². The molecule has 0 spiro atoms. The van der Waals surface area contributed by atoms with Gasteiger partial charge in [0.15, 0.2) is 0 Å². The van der Waals surface area contributed by atoms with Crippen LogP contribution < -0.4 is 10.1 Å². The number of carbonyl (C=O) groups is 1. The van der Waals surface area contributed by atoms with Crippen LogP contribution in [-0.4, -0.2) is 44.5 Å². The number of nitrogens with one attached hydrogen (secondary N) is 2. The van der Waals surface area contributed by atoms with E-state index in [1.165, 1.54) is 25.4 Å². The summed E-state index contributed by atoms with van der Waals surface area (Å²) < 4.78 is 20.4. The topological polar surface area (TPSA) is 105 Å². The van der Waals surface area contributed by atoms with Crippen LogP contribution in [0, 0.1) is 5.82 Å². The summed E-state index contributed by atoms with van der Waals surface area (Å²) in [5.41, 5.74) is 3.13. The Kier molecular flexibility index (Phi) is 4.96. The monoisotopic (exact) mass is 395 g/mol. The van der Waals surface area contributed by atoms with E-state index in [4.69, 9.17) is 4.74 Å². The van der Waals surface area contributed by atoms with Crippen molar-refractivity contribution < 1.29 is 19.0 Å². The molecule has 0 aliphatic heterocycles. The number of halogens is 1. The van der Waals surface area contributed by atoms with Gasteiger partial charge in [-0.25, -0.2) is 8.91 Å². The number of carbonyl (C=O) groups excluding carboxylic acids is 1. The third kappa shape index (κ3) is 3.67. The van der Waals surface area contributed by atoms with Crippen LogP contribution in [-0.2, 0) is 0 Å². The summed E-state index contributed by atoms with van der Waals surface area (Å²) in [7, 11) is 1.42. The van der Waals surface area contributed by atoms with Gasteiger partial charge >= 0.3 is 0 Å². The first-order valence-electron chi connectivity index (χ1n) is 8.82. The Labute approximate surface area is 164 Å². The fourth-order valence-corrected chi connectivity index (χ4v) is 3.11. The lowest BCUT2D eigenvalue weighted by Crippen LogP contribution is -2.30. The first-order valence-corrected chi connectivity index (χ1v) is 8.82. The molecule has 3 aromatic heterocycles. The quantitative estimate of drug-likeness (QED) is 0.465. The number of nitrogens with zero attached hydrogens (tertiary/aromatic N) is 3. The lowest BCUT2D eigenvalue weighted by atomic mass is 10.1. The second kappa shape index (κ2) is 7.72. The summed E-state index contributed by atoms with van der Waals surface area (Å²) in [6.07, 6.45) is 6.69. The molecule has 3 heterocycles. The molecule has 0 saturated heterocycles. The van der Waals surface area contributed by atoms with Crippen molar-refractivity contribution in [2.24, 2.45) is 0 Å². The molecule has 1 amide bonds. The molecular weight excluding hydrogens is 377 g/mol. The summed E-state index contributed by atoms with van der Waals surface area (Å²) in [5, 5.41) is 23.4. The van der Waals surface area contributed by atoms with E-state index in [9.17, 15) is 14.3 Å². The van der Waals surface area contributed by atoms with E-state index in [1.54, 1.807) is 35.2 Å². The Morgan fingerprint density at radius 3 is 2.90 bits per heavy atom. The van der Waals surface area contributed by atoms with Crippen molar-refractivity contribution in [3.05, 3.63) is 72.1 Å². The van der Waals surface area contributed by atoms with E-state index < -0.39 is 24.4 Å². The molecule has 0 unspecified atom stereocenters. The van der Waals surface area contributed by atoms with Gasteiger partial charge in [0, 0.05) is 29.6 Å². The summed E-state index contributed by atoms with van der Waals surface area (Å²) in [4.78, 5) is 12.8. The highest BCUT2D eigenvalue weighted by Crippen LogP contribution is 2.23. The van der Waals surface area contributed by atoms with Crippen LogP contribution in [0.2, 0.25) is 0 Å². The maximum Gasteiger partial charge on any atom is 0.255 e. The molecule has 0 aliphatic rings. The van der Waals surface area contributed by atoms with Gasteiger partial charge in [0.1, 0.15) is 11.6 Å². The Balaban J connectivity index is 1.60. The van der Waals surface area contributed by atoms with Gasteiger partial charge in [-0.3, -0.25) is 9.89 Å². The fraction of sp³-hybridized carbons (Fsp3) is 0.150. The molecule has 8 nitrogen and oxygen atoms in total. The molecule has 0 aliphatic carbocycles. The van der Waals surface area contributed by atoms with E-state index in [-0.39, 0.29) is 0 Å². The van der Waals surface area contributed by atoms with Crippen molar-refractivity contribution in [1.29, 1.82) is 0 Å². The molecule has 3 N–H and O–H groups in total. The number of rotatable bonds is 6. The number of aromatic amines is 1. The third-order valence-electron chi connectivity index (χ3n) is 4.61. The molecule has 1 atom stereocenters. The lowest BCUT2D eigenvalue weighted by Gasteiger charge is -2.17.